The van der Waals surface area contributed by atoms with Gasteiger partial charge in [-0.2, -0.15) is 0 Å². The first-order valence-electron chi connectivity index (χ1n) is 25.9. The lowest BCUT2D eigenvalue weighted by Gasteiger charge is -2.24. The lowest BCUT2D eigenvalue weighted by Crippen LogP contribution is -2.46. The van der Waals surface area contributed by atoms with E-state index < -0.39 is 18.2 Å². The second kappa shape index (κ2) is 47.9. The summed E-state index contributed by atoms with van der Waals surface area (Å²) in [5, 5.41) is 23.7. The highest BCUT2D eigenvalue weighted by molar-refractivity contribution is 5.77. The summed E-state index contributed by atoms with van der Waals surface area (Å²) in [6, 6.07) is -0.709. The fourth-order valence-electron chi connectivity index (χ4n) is 7.67. The third-order valence-corrected chi connectivity index (χ3v) is 11.6. The van der Waals surface area contributed by atoms with Crippen LogP contribution in [0.15, 0.2) is 48.6 Å². The average Bonchev–Trinajstić information content (AvgIpc) is 3.24. The van der Waals surface area contributed by atoms with Gasteiger partial charge in [0.05, 0.1) is 25.2 Å². The van der Waals surface area contributed by atoms with Crippen molar-refractivity contribution >= 4 is 11.9 Å². The fourth-order valence-corrected chi connectivity index (χ4v) is 7.67. The molecule has 6 heteroatoms. The molecular formula is C54H99NO5. The summed E-state index contributed by atoms with van der Waals surface area (Å²) in [5.41, 5.74) is 0. The van der Waals surface area contributed by atoms with Crippen LogP contribution in [0.4, 0.5) is 0 Å². The van der Waals surface area contributed by atoms with E-state index in [0.29, 0.717) is 19.3 Å². The Hall–Kier alpha value is -2.18. The Morgan fingerprint density at radius 1 is 0.483 bits per heavy atom. The number of unbranched alkanes of at least 4 members (excludes halogenated alkanes) is 26. The molecule has 0 heterocycles. The van der Waals surface area contributed by atoms with Crippen LogP contribution in [0.2, 0.25) is 0 Å². The largest absolute Gasteiger partial charge is 0.462 e. The minimum atomic E-state index is -0.794. The molecule has 1 amide bonds. The maximum absolute atomic E-state index is 13.2. The fraction of sp³-hybridized carbons (Fsp3) is 0.815. The Morgan fingerprint density at radius 3 is 1.35 bits per heavy atom. The van der Waals surface area contributed by atoms with Crippen LogP contribution in [-0.2, 0) is 14.3 Å². The molecule has 0 aliphatic carbocycles. The molecule has 60 heavy (non-hydrogen) atoms. The number of aliphatic hydroxyl groups excluding tert-OH is 2. The quantitative estimate of drug-likeness (QED) is 0.0322. The first-order valence-corrected chi connectivity index (χ1v) is 25.9. The van der Waals surface area contributed by atoms with E-state index in [2.05, 4.69) is 74.7 Å². The van der Waals surface area contributed by atoms with Crippen LogP contribution in [-0.4, -0.2) is 46.9 Å². The van der Waals surface area contributed by atoms with Gasteiger partial charge in [-0.05, 0) is 89.9 Å². The SMILES string of the molecule is CCCCC/C=C\C/C=C\C/C=C\CCCCCCC(=O)OC(CCCCC/C=C/CCCCCCCCC)CC(=O)NC(CO)C(O)CCCCCCCCCCCC. The molecule has 0 spiro atoms. The topological polar surface area (TPSA) is 95.9 Å². The van der Waals surface area contributed by atoms with E-state index in [9.17, 15) is 19.8 Å². The van der Waals surface area contributed by atoms with E-state index in [1.54, 1.807) is 0 Å². The van der Waals surface area contributed by atoms with Crippen LogP contribution in [0.1, 0.15) is 258 Å². The zero-order chi connectivity index (χ0) is 43.8. The normalized spacial score (nSPS) is 13.6. The lowest BCUT2D eigenvalue weighted by atomic mass is 10.0. The van der Waals surface area contributed by atoms with Gasteiger partial charge in [0.25, 0.3) is 0 Å². The van der Waals surface area contributed by atoms with Crippen molar-refractivity contribution in [2.75, 3.05) is 6.61 Å². The Kier molecular flexibility index (Phi) is 46.1. The standard InChI is InChI=1S/C54H99NO5/c1-4-7-10-13-16-19-22-24-26-27-28-30-32-35-38-41-44-47-54(59)60-50(45-42-39-36-33-31-29-25-23-20-17-14-11-8-5-2)48-53(58)55-51(49-56)52(57)46-43-40-37-34-21-18-15-12-9-6-3/h16,19,24,26,28-31,50-52,56-57H,4-15,17-18,20-23,25,27,32-49H2,1-3H3,(H,55,58)/b19-16-,26-24-,30-28-,31-29+. The molecule has 0 aliphatic rings. The smallest absolute Gasteiger partial charge is 0.306 e. The molecule has 3 unspecified atom stereocenters. The second-order valence-corrected chi connectivity index (χ2v) is 17.6. The maximum Gasteiger partial charge on any atom is 0.306 e. The van der Waals surface area contributed by atoms with E-state index in [1.807, 2.05) is 0 Å². The summed E-state index contributed by atoms with van der Waals surface area (Å²) < 4.78 is 5.92. The van der Waals surface area contributed by atoms with Gasteiger partial charge in [0, 0.05) is 6.42 Å². The van der Waals surface area contributed by atoms with Gasteiger partial charge in [-0.25, -0.2) is 0 Å². The third-order valence-electron chi connectivity index (χ3n) is 11.6. The number of allylic oxidation sites excluding steroid dienone is 8. The molecule has 0 aromatic heterocycles. The predicted molar refractivity (Wildman–Crippen MR) is 259 cm³/mol. The molecule has 0 saturated carbocycles. The number of rotatable bonds is 46. The van der Waals surface area contributed by atoms with Crippen LogP contribution in [0.3, 0.4) is 0 Å². The van der Waals surface area contributed by atoms with Gasteiger partial charge in [0.2, 0.25) is 5.91 Å². The highest BCUT2D eigenvalue weighted by atomic mass is 16.5. The number of aliphatic hydroxyl groups is 2. The van der Waals surface area contributed by atoms with Crippen molar-refractivity contribution in [3.8, 4) is 0 Å². The minimum Gasteiger partial charge on any atom is -0.462 e. The molecule has 0 rings (SSSR count). The zero-order valence-corrected chi connectivity index (χ0v) is 39.8. The van der Waals surface area contributed by atoms with Crippen LogP contribution in [0, 0.1) is 0 Å². The predicted octanol–water partition coefficient (Wildman–Crippen LogP) is 15.5. The Morgan fingerprint density at radius 2 is 0.850 bits per heavy atom. The number of ether oxygens (including phenoxy) is 1. The second-order valence-electron chi connectivity index (χ2n) is 17.6. The molecular weight excluding hydrogens is 743 g/mol. The molecule has 0 fully saturated rings. The minimum absolute atomic E-state index is 0.0584. The first-order chi connectivity index (χ1) is 29.5. The van der Waals surface area contributed by atoms with E-state index >= 15 is 0 Å². The molecule has 3 N–H and O–H groups in total. The van der Waals surface area contributed by atoms with Crippen LogP contribution in [0.5, 0.6) is 0 Å². The number of nitrogens with one attached hydrogen (secondary N) is 1. The number of esters is 1. The van der Waals surface area contributed by atoms with Gasteiger partial charge in [-0.15, -0.1) is 0 Å². The van der Waals surface area contributed by atoms with Crippen molar-refractivity contribution in [1.29, 1.82) is 0 Å². The van der Waals surface area contributed by atoms with Gasteiger partial charge in [-0.3, -0.25) is 9.59 Å². The molecule has 0 aromatic rings. The van der Waals surface area contributed by atoms with E-state index in [4.69, 9.17) is 4.74 Å². The molecule has 0 radical (unpaired) electrons. The number of amides is 1. The van der Waals surface area contributed by atoms with Crippen LogP contribution in [0.25, 0.3) is 0 Å². The molecule has 0 saturated heterocycles. The average molecular weight is 842 g/mol. The van der Waals surface area contributed by atoms with E-state index in [1.165, 1.54) is 116 Å². The molecule has 0 aromatic carbocycles. The van der Waals surface area contributed by atoms with Crippen molar-refractivity contribution in [3.05, 3.63) is 48.6 Å². The van der Waals surface area contributed by atoms with Crippen molar-refractivity contribution in [2.24, 2.45) is 0 Å². The summed E-state index contributed by atoms with van der Waals surface area (Å²) in [6.45, 7) is 6.43. The Balaban J connectivity index is 4.63. The van der Waals surface area contributed by atoms with Gasteiger partial charge < -0.3 is 20.3 Å². The Labute approximate surface area is 372 Å². The summed E-state index contributed by atoms with van der Waals surface area (Å²) in [7, 11) is 0. The van der Waals surface area contributed by atoms with Gasteiger partial charge in [0.1, 0.15) is 6.10 Å². The van der Waals surface area contributed by atoms with Crippen molar-refractivity contribution in [2.45, 2.75) is 277 Å². The molecule has 6 nitrogen and oxygen atoms in total. The summed E-state index contributed by atoms with van der Waals surface area (Å²) in [4.78, 5) is 26.1. The van der Waals surface area contributed by atoms with Crippen LogP contribution >= 0.6 is 0 Å². The molecule has 0 aliphatic heterocycles. The number of hydrogen-bond donors (Lipinski definition) is 3. The monoisotopic (exact) mass is 842 g/mol. The van der Waals surface area contributed by atoms with Gasteiger partial charge in [-0.1, -0.05) is 204 Å². The number of carbonyl (C=O) groups excluding carboxylic acids is 2. The third kappa shape index (κ3) is 42.5. The van der Waals surface area contributed by atoms with Gasteiger partial charge in [0.15, 0.2) is 0 Å². The zero-order valence-electron chi connectivity index (χ0n) is 39.8. The molecule has 3 atom stereocenters. The summed E-state index contributed by atoms with van der Waals surface area (Å²) >= 11 is 0. The van der Waals surface area contributed by atoms with Crippen molar-refractivity contribution in [3.63, 3.8) is 0 Å². The number of hydrogen-bond acceptors (Lipinski definition) is 5. The lowest BCUT2D eigenvalue weighted by molar-refractivity contribution is -0.151. The molecule has 0 bridgehead atoms. The maximum atomic E-state index is 13.2. The number of carbonyl (C=O) groups is 2. The summed E-state index contributed by atoms with van der Waals surface area (Å²) in [5.74, 6) is -0.510. The van der Waals surface area contributed by atoms with E-state index in [0.717, 1.165) is 96.3 Å². The van der Waals surface area contributed by atoms with Crippen LogP contribution < -0.4 is 5.32 Å². The molecule has 350 valence electrons. The van der Waals surface area contributed by atoms with E-state index in [-0.39, 0.29) is 24.9 Å². The Bertz CT molecular complexity index is 1040. The summed E-state index contributed by atoms with van der Waals surface area (Å²) in [6.07, 6.45) is 57.4. The van der Waals surface area contributed by atoms with Crippen molar-refractivity contribution < 1.29 is 24.5 Å². The van der Waals surface area contributed by atoms with Crippen molar-refractivity contribution in [1.82, 2.24) is 5.32 Å². The van der Waals surface area contributed by atoms with Gasteiger partial charge >= 0.3 is 5.97 Å². The highest BCUT2D eigenvalue weighted by Crippen LogP contribution is 2.17. The highest BCUT2D eigenvalue weighted by Gasteiger charge is 2.24. The first kappa shape index (κ1) is 57.8.